The summed E-state index contributed by atoms with van der Waals surface area (Å²) in [4.78, 5) is 10.5. The Morgan fingerprint density at radius 3 is 2.30 bits per heavy atom. The fourth-order valence-corrected chi connectivity index (χ4v) is 3.26. The molecular weight excluding hydrogens is 318 g/mol. The molecule has 2 aromatic rings. The van der Waals surface area contributed by atoms with Crippen molar-refractivity contribution in [2.24, 2.45) is 0 Å². The molecule has 8 heteroatoms. The maximum atomic E-state index is 12.1. The summed E-state index contributed by atoms with van der Waals surface area (Å²) >= 11 is 0. The number of hydrogen-bond donors (Lipinski definition) is 2. The van der Waals surface area contributed by atoms with E-state index in [-0.39, 0.29) is 22.3 Å². The van der Waals surface area contributed by atoms with Gasteiger partial charge in [0.1, 0.15) is 5.69 Å². The molecule has 0 unspecified atom stereocenters. The van der Waals surface area contributed by atoms with E-state index in [1.165, 1.54) is 12.1 Å². The zero-order chi connectivity index (χ0) is 17.0. The zero-order valence-electron chi connectivity index (χ0n) is 12.7. The second kappa shape index (κ2) is 6.76. The van der Waals surface area contributed by atoms with Gasteiger partial charge in [0.15, 0.2) is 0 Å². The largest absolute Gasteiger partial charge is 0.350 e. The van der Waals surface area contributed by atoms with Gasteiger partial charge in [-0.2, -0.15) is 0 Å². The van der Waals surface area contributed by atoms with Gasteiger partial charge in [0.25, 0.3) is 5.69 Å². The number of anilines is 2. The predicted molar refractivity (Wildman–Crippen MR) is 88.3 cm³/mol. The van der Waals surface area contributed by atoms with Gasteiger partial charge in [0.2, 0.25) is 10.0 Å². The quantitative estimate of drug-likeness (QED) is 0.624. The summed E-state index contributed by atoms with van der Waals surface area (Å²) in [5, 5.41) is 14.2. The van der Waals surface area contributed by atoms with Crippen LogP contribution >= 0.6 is 0 Å². The molecule has 0 aliphatic heterocycles. The number of rotatable bonds is 6. The first-order chi connectivity index (χ1) is 10.8. The van der Waals surface area contributed by atoms with Crippen LogP contribution in [0.2, 0.25) is 0 Å². The summed E-state index contributed by atoms with van der Waals surface area (Å²) in [5.74, 6) is 0. The molecule has 0 atom stereocenters. The summed E-state index contributed by atoms with van der Waals surface area (Å²) < 4.78 is 26.7. The molecule has 23 heavy (non-hydrogen) atoms. The molecular formula is C15H17N3O4S. The molecule has 2 aromatic carbocycles. The van der Waals surface area contributed by atoms with Gasteiger partial charge >= 0.3 is 0 Å². The molecule has 2 N–H and O–H groups in total. The Kier molecular flexibility index (Phi) is 4.97. The molecule has 0 fully saturated rings. The van der Waals surface area contributed by atoms with Crippen molar-refractivity contribution in [3.63, 3.8) is 0 Å². The first-order valence-corrected chi connectivity index (χ1v) is 8.41. The van der Waals surface area contributed by atoms with Crippen LogP contribution in [0.3, 0.4) is 0 Å². The number of hydrogen-bond acceptors (Lipinski definition) is 5. The Morgan fingerprint density at radius 2 is 1.74 bits per heavy atom. The van der Waals surface area contributed by atoms with Gasteiger partial charge in [-0.25, -0.2) is 13.1 Å². The molecule has 0 saturated heterocycles. The first-order valence-electron chi connectivity index (χ1n) is 6.92. The normalized spacial score (nSPS) is 11.4. The van der Waals surface area contributed by atoms with Crippen LogP contribution in [0.15, 0.2) is 53.4 Å². The molecule has 0 aliphatic carbocycles. The maximum Gasteiger partial charge on any atom is 0.294 e. The van der Waals surface area contributed by atoms with Crippen molar-refractivity contribution in [2.45, 2.75) is 24.8 Å². The number of benzene rings is 2. The lowest BCUT2D eigenvalue weighted by Crippen LogP contribution is -2.30. The molecule has 122 valence electrons. The highest BCUT2D eigenvalue weighted by Crippen LogP contribution is 2.30. The molecule has 0 bridgehead atoms. The Labute approximate surface area is 134 Å². The number of nitrogens with one attached hydrogen (secondary N) is 2. The standard InChI is InChI=1S/C15H17N3O4S/c1-11(2)17-23(21,22)13-8-9-14(15(10-13)18(19)20)16-12-6-4-3-5-7-12/h3-11,16-17H,1-2H3. The van der Waals surface area contributed by atoms with Gasteiger partial charge in [-0.15, -0.1) is 0 Å². The average Bonchev–Trinajstić information content (AvgIpc) is 2.47. The van der Waals surface area contributed by atoms with Crippen molar-refractivity contribution in [3.8, 4) is 0 Å². The van der Waals surface area contributed by atoms with Crippen molar-refractivity contribution >= 4 is 27.1 Å². The highest BCUT2D eigenvalue weighted by molar-refractivity contribution is 7.89. The summed E-state index contributed by atoms with van der Waals surface area (Å²) in [5.41, 5.74) is 0.594. The van der Waals surface area contributed by atoms with Gasteiger partial charge < -0.3 is 5.32 Å². The average molecular weight is 335 g/mol. The van der Waals surface area contributed by atoms with Gasteiger partial charge in [-0.1, -0.05) is 18.2 Å². The lowest BCUT2D eigenvalue weighted by atomic mass is 10.2. The SMILES string of the molecule is CC(C)NS(=O)(=O)c1ccc(Nc2ccccc2)c([N+](=O)[O-])c1. The first kappa shape index (κ1) is 16.9. The number of sulfonamides is 1. The summed E-state index contributed by atoms with van der Waals surface area (Å²) in [6.45, 7) is 3.36. The minimum absolute atomic E-state index is 0.142. The Bertz CT molecular complexity index is 805. The number of nitro groups is 1. The van der Waals surface area contributed by atoms with E-state index in [0.717, 1.165) is 6.07 Å². The van der Waals surface area contributed by atoms with E-state index in [9.17, 15) is 18.5 Å². The van der Waals surface area contributed by atoms with Crippen LogP contribution in [0.25, 0.3) is 0 Å². The van der Waals surface area contributed by atoms with Crippen LogP contribution in [-0.4, -0.2) is 19.4 Å². The fraction of sp³-hybridized carbons (Fsp3) is 0.200. The second-order valence-corrected chi connectivity index (χ2v) is 6.92. The molecule has 7 nitrogen and oxygen atoms in total. The topological polar surface area (TPSA) is 101 Å². The molecule has 0 heterocycles. The summed E-state index contributed by atoms with van der Waals surface area (Å²) in [7, 11) is -3.79. The molecule has 0 aliphatic rings. The third kappa shape index (κ3) is 4.27. The van der Waals surface area contributed by atoms with E-state index >= 15 is 0 Å². The highest BCUT2D eigenvalue weighted by Gasteiger charge is 2.22. The molecule has 0 aromatic heterocycles. The minimum atomic E-state index is -3.79. The highest BCUT2D eigenvalue weighted by atomic mass is 32.2. The minimum Gasteiger partial charge on any atom is -0.350 e. The molecule has 0 radical (unpaired) electrons. The van der Waals surface area contributed by atoms with E-state index in [1.54, 1.807) is 38.1 Å². The fourth-order valence-electron chi connectivity index (χ4n) is 1.99. The Hall–Kier alpha value is -2.45. The van der Waals surface area contributed by atoms with Crippen molar-refractivity contribution in [1.82, 2.24) is 4.72 Å². The second-order valence-electron chi connectivity index (χ2n) is 5.20. The van der Waals surface area contributed by atoms with Gasteiger partial charge in [0.05, 0.1) is 9.82 Å². The number of nitrogens with zero attached hydrogens (tertiary/aromatic N) is 1. The Balaban J connectivity index is 2.41. The van der Waals surface area contributed by atoms with Gasteiger partial charge in [-0.3, -0.25) is 10.1 Å². The van der Waals surface area contributed by atoms with E-state index in [1.807, 2.05) is 6.07 Å². The summed E-state index contributed by atoms with van der Waals surface area (Å²) in [6.07, 6.45) is 0. The third-order valence-electron chi connectivity index (χ3n) is 2.92. The molecule has 0 saturated carbocycles. The Morgan fingerprint density at radius 1 is 1.09 bits per heavy atom. The van der Waals surface area contributed by atoms with Crippen molar-refractivity contribution in [1.29, 1.82) is 0 Å². The third-order valence-corrected chi connectivity index (χ3v) is 4.58. The van der Waals surface area contributed by atoms with Crippen LogP contribution < -0.4 is 10.0 Å². The molecule has 0 spiro atoms. The summed E-state index contributed by atoms with van der Waals surface area (Å²) in [6, 6.07) is 12.4. The smallest absolute Gasteiger partial charge is 0.294 e. The van der Waals surface area contributed by atoms with Crippen LogP contribution in [0.1, 0.15) is 13.8 Å². The van der Waals surface area contributed by atoms with E-state index in [0.29, 0.717) is 5.69 Å². The van der Waals surface area contributed by atoms with Gasteiger partial charge in [0, 0.05) is 17.8 Å². The number of nitro benzene ring substituents is 1. The van der Waals surface area contributed by atoms with E-state index < -0.39 is 14.9 Å². The lowest BCUT2D eigenvalue weighted by Gasteiger charge is -2.11. The van der Waals surface area contributed by atoms with Crippen LogP contribution in [-0.2, 0) is 10.0 Å². The van der Waals surface area contributed by atoms with E-state index in [4.69, 9.17) is 0 Å². The van der Waals surface area contributed by atoms with Crippen LogP contribution in [0.4, 0.5) is 17.1 Å². The van der Waals surface area contributed by atoms with Crippen molar-refractivity contribution in [2.75, 3.05) is 5.32 Å². The predicted octanol–water partition coefficient (Wildman–Crippen LogP) is 3.03. The van der Waals surface area contributed by atoms with E-state index in [2.05, 4.69) is 10.0 Å². The zero-order valence-corrected chi connectivity index (χ0v) is 13.5. The van der Waals surface area contributed by atoms with Crippen LogP contribution in [0.5, 0.6) is 0 Å². The lowest BCUT2D eigenvalue weighted by molar-refractivity contribution is -0.384. The van der Waals surface area contributed by atoms with Crippen molar-refractivity contribution < 1.29 is 13.3 Å². The number of para-hydroxylation sites is 1. The monoisotopic (exact) mass is 335 g/mol. The van der Waals surface area contributed by atoms with Crippen molar-refractivity contribution in [3.05, 3.63) is 58.6 Å². The molecule has 2 rings (SSSR count). The van der Waals surface area contributed by atoms with Crippen LogP contribution in [0, 0.1) is 10.1 Å². The molecule has 0 amide bonds. The maximum absolute atomic E-state index is 12.1. The van der Waals surface area contributed by atoms with Gasteiger partial charge in [-0.05, 0) is 38.1 Å².